The number of carbonyl (C=O) groups is 1. The third-order valence-electron chi connectivity index (χ3n) is 4.61. The van der Waals surface area contributed by atoms with E-state index in [1.165, 1.54) is 6.26 Å². The molecule has 0 fully saturated rings. The monoisotopic (exact) mass is 467 g/mol. The molecule has 0 radical (unpaired) electrons. The number of hydrogen-bond donors (Lipinski definition) is 0. The first-order chi connectivity index (χ1) is 13.2. The Bertz CT molecular complexity index is 1010. The minimum atomic E-state index is -3.34. The zero-order valence-corrected chi connectivity index (χ0v) is 18.3. The highest BCUT2D eigenvalue weighted by atomic mass is 79.9. The lowest BCUT2D eigenvalue weighted by Gasteiger charge is -2.28. The molecule has 3 rings (SSSR count). The van der Waals surface area contributed by atoms with Gasteiger partial charge in [-0.15, -0.1) is 0 Å². The summed E-state index contributed by atoms with van der Waals surface area (Å²) in [5, 5.41) is 0. The van der Waals surface area contributed by atoms with Crippen LogP contribution in [0.5, 0.6) is 11.5 Å². The first-order valence-electron chi connectivity index (χ1n) is 8.81. The van der Waals surface area contributed by atoms with E-state index in [4.69, 9.17) is 9.47 Å². The summed E-state index contributed by atoms with van der Waals surface area (Å²) in [6.45, 7) is 2.65. The van der Waals surface area contributed by atoms with Crippen LogP contribution in [-0.2, 0) is 16.4 Å². The molecule has 0 saturated carbocycles. The normalized spacial score (nSPS) is 14.7. The number of fused-ring (bicyclic) bond motifs is 1. The number of rotatable bonds is 7. The van der Waals surface area contributed by atoms with Crippen LogP contribution in [0.2, 0.25) is 0 Å². The number of carbonyl (C=O) groups excluding carboxylic acids is 1. The lowest BCUT2D eigenvalue weighted by Crippen LogP contribution is -2.33. The highest BCUT2D eigenvalue weighted by Gasteiger charge is 2.35. The molecule has 1 atom stereocenters. The standard InChI is InChI=1S/C20H22BrNO5S/c1-4-27-19-10-13(5-8-18(19)26-2)17(12-28(3,24)25)22-11-14-9-15(21)6-7-16(14)20(22)23/h5-10,17H,4,11-12H2,1-3H3/t17-/m1/s1. The maximum atomic E-state index is 13.0. The topological polar surface area (TPSA) is 72.9 Å². The van der Waals surface area contributed by atoms with Crippen LogP contribution in [0.4, 0.5) is 0 Å². The van der Waals surface area contributed by atoms with Crippen LogP contribution < -0.4 is 9.47 Å². The average molecular weight is 468 g/mol. The van der Waals surface area contributed by atoms with E-state index in [1.807, 2.05) is 19.1 Å². The number of benzene rings is 2. The van der Waals surface area contributed by atoms with E-state index >= 15 is 0 Å². The summed E-state index contributed by atoms with van der Waals surface area (Å²) >= 11 is 3.42. The van der Waals surface area contributed by atoms with Crippen LogP contribution in [0.15, 0.2) is 40.9 Å². The van der Waals surface area contributed by atoms with Crippen molar-refractivity contribution >= 4 is 31.7 Å². The second kappa shape index (κ2) is 8.13. The molecule has 0 aliphatic carbocycles. The maximum Gasteiger partial charge on any atom is 0.255 e. The molecule has 1 aliphatic heterocycles. The van der Waals surface area contributed by atoms with Crippen molar-refractivity contribution in [1.29, 1.82) is 0 Å². The molecule has 0 saturated heterocycles. The van der Waals surface area contributed by atoms with Crippen LogP contribution in [0.3, 0.4) is 0 Å². The summed E-state index contributed by atoms with van der Waals surface area (Å²) in [5.74, 6) is 0.729. The minimum absolute atomic E-state index is 0.175. The Morgan fingerprint density at radius 1 is 1.18 bits per heavy atom. The molecule has 6 nitrogen and oxygen atoms in total. The van der Waals surface area contributed by atoms with E-state index in [9.17, 15) is 13.2 Å². The second-order valence-electron chi connectivity index (χ2n) is 6.69. The first kappa shape index (κ1) is 20.7. The van der Waals surface area contributed by atoms with Gasteiger partial charge in [0, 0.05) is 22.8 Å². The average Bonchev–Trinajstić information content (AvgIpc) is 2.95. The van der Waals surface area contributed by atoms with Gasteiger partial charge in [-0.05, 0) is 48.4 Å². The number of amides is 1. The van der Waals surface area contributed by atoms with Crippen molar-refractivity contribution in [3.8, 4) is 11.5 Å². The number of ether oxygens (including phenoxy) is 2. The van der Waals surface area contributed by atoms with Gasteiger partial charge in [-0.1, -0.05) is 22.0 Å². The summed E-state index contributed by atoms with van der Waals surface area (Å²) < 4.78 is 36.1. The largest absolute Gasteiger partial charge is 0.493 e. The number of sulfone groups is 1. The van der Waals surface area contributed by atoms with E-state index in [0.29, 0.717) is 35.8 Å². The molecule has 0 aromatic heterocycles. The fraction of sp³-hybridized carbons (Fsp3) is 0.350. The molecule has 1 aliphatic rings. The molecule has 2 aromatic rings. The van der Waals surface area contributed by atoms with Crippen molar-refractivity contribution in [2.75, 3.05) is 25.7 Å². The van der Waals surface area contributed by atoms with Crippen LogP contribution in [0.1, 0.15) is 34.5 Å². The molecule has 1 heterocycles. The number of methoxy groups -OCH3 is 1. The molecular weight excluding hydrogens is 446 g/mol. The third kappa shape index (κ3) is 4.33. The molecule has 28 heavy (non-hydrogen) atoms. The lowest BCUT2D eigenvalue weighted by molar-refractivity contribution is 0.0718. The van der Waals surface area contributed by atoms with E-state index < -0.39 is 15.9 Å². The van der Waals surface area contributed by atoms with Gasteiger partial charge < -0.3 is 14.4 Å². The van der Waals surface area contributed by atoms with Crippen LogP contribution in [0.25, 0.3) is 0 Å². The maximum absolute atomic E-state index is 13.0. The van der Waals surface area contributed by atoms with Crippen molar-refractivity contribution in [3.63, 3.8) is 0 Å². The minimum Gasteiger partial charge on any atom is -0.493 e. The van der Waals surface area contributed by atoms with Crippen molar-refractivity contribution in [1.82, 2.24) is 4.90 Å². The highest BCUT2D eigenvalue weighted by Crippen LogP contribution is 2.37. The van der Waals surface area contributed by atoms with Crippen LogP contribution in [-0.4, -0.2) is 45.0 Å². The molecule has 0 unspecified atom stereocenters. The Balaban J connectivity index is 2.04. The van der Waals surface area contributed by atoms with Gasteiger partial charge in [0.2, 0.25) is 0 Å². The van der Waals surface area contributed by atoms with E-state index in [2.05, 4.69) is 15.9 Å². The van der Waals surface area contributed by atoms with Gasteiger partial charge in [0.1, 0.15) is 9.84 Å². The Morgan fingerprint density at radius 3 is 2.57 bits per heavy atom. The van der Waals surface area contributed by atoms with Crippen molar-refractivity contribution < 1.29 is 22.7 Å². The Kier molecular flexibility index (Phi) is 6.00. The van der Waals surface area contributed by atoms with Gasteiger partial charge in [-0.25, -0.2) is 8.42 Å². The molecular formula is C20H22BrNO5S. The fourth-order valence-electron chi connectivity index (χ4n) is 3.39. The van der Waals surface area contributed by atoms with Crippen LogP contribution in [0, 0.1) is 0 Å². The summed E-state index contributed by atoms with van der Waals surface area (Å²) in [5.41, 5.74) is 2.16. The molecule has 2 aromatic carbocycles. The third-order valence-corrected chi connectivity index (χ3v) is 6.02. The molecule has 150 valence electrons. The number of nitrogens with zero attached hydrogens (tertiary/aromatic N) is 1. The molecule has 1 amide bonds. The summed E-state index contributed by atoms with van der Waals surface area (Å²) in [4.78, 5) is 14.6. The van der Waals surface area contributed by atoms with E-state index in [1.54, 1.807) is 36.3 Å². The SMILES string of the molecule is CCOc1cc([C@@H](CS(C)(=O)=O)N2Cc3cc(Br)ccc3C2=O)ccc1OC. The number of hydrogen-bond acceptors (Lipinski definition) is 5. The van der Waals surface area contributed by atoms with Crippen LogP contribution >= 0.6 is 15.9 Å². The van der Waals surface area contributed by atoms with Gasteiger partial charge in [0.05, 0.1) is 25.5 Å². The quantitative estimate of drug-likeness (QED) is 0.621. The zero-order chi connectivity index (χ0) is 20.5. The molecule has 0 spiro atoms. The second-order valence-corrected chi connectivity index (χ2v) is 9.79. The van der Waals surface area contributed by atoms with E-state index in [-0.39, 0.29) is 11.7 Å². The zero-order valence-electron chi connectivity index (χ0n) is 15.9. The Hall–Kier alpha value is -2.06. The molecule has 0 bridgehead atoms. The number of halogens is 1. The van der Waals surface area contributed by atoms with Gasteiger partial charge >= 0.3 is 0 Å². The Morgan fingerprint density at radius 2 is 1.93 bits per heavy atom. The Labute approximate surface area is 173 Å². The predicted molar refractivity (Wildman–Crippen MR) is 111 cm³/mol. The highest BCUT2D eigenvalue weighted by molar-refractivity contribution is 9.10. The summed E-state index contributed by atoms with van der Waals surface area (Å²) in [7, 11) is -1.80. The van der Waals surface area contributed by atoms with E-state index in [0.717, 1.165) is 10.0 Å². The molecule has 8 heteroatoms. The van der Waals surface area contributed by atoms with Gasteiger partial charge in [0.15, 0.2) is 11.5 Å². The van der Waals surface area contributed by atoms with Crippen molar-refractivity contribution in [3.05, 3.63) is 57.6 Å². The predicted octanol–water partition coefficient (Wildman–Crippen LogP) is 3.60. The fourth-order valence-corrected chi connectivity index (χ4v) is 4.74. The molecule has 0 N–H and O–H groups in total. The first-order valence-corrected chi connectivity index (χ1v) is 11.7. The van der Waals surface area contributed by atoms with Crippen molar-refractivity contribution in [2.24, 2.45) is 0 Å². The summed E-state index contributed by atoms with van der Waals surface area (Å²) in [6.07, 6.45) is 1.18. The van der Waals surface area contributed by atoms with Gasteiger partial charge in [-0.2, -0.15) is 0 Å². The smallest absolute Gasteiger partial charge is 0.255 e. The lowest BCUT2D eigenvalue weighted by atomic mass is 10.1. The summed E-state index contributed by atoms with van der Waals surface area (Å²) in [6, 6.07) is 10.1. The van der Waals surface area contributed by atoms with Gasteiger partial charge in [-0.3, -0.25) is 4.79 Å². The van der Waals surface area contributed by atoms with Gasteiger partial charge in [0.25, 0.3) is 5.91 Å². The van der Waals surface area contributed by atoms with Crippen molar-refractivity contribution in [2.45, 2.75) is 19.5 Å².